The minimum Gasteiger partial charge on any atom is -0.215 e. The van der Waals surface area contributed by atoms with Crippen molar-refractivity contribution in [1.29, 1.82) is 0 Å². The molecule has 5 heteroatoms. The van der Waals surface area contributed by atoms with Crippen molar-refractivity contribution in [3.63, 3.8) is 0 Å². The van der Waals surface area contributed by atoms with Gasteiger partial charge in [0.2, 0.25) is 10.0 Å². The van der Waals surface area contributed by atoms with Crippen molar-refractivity contribution in [3.8, 4) is 0 Å². The van der Waals surface area contributed by atoms with Crippen LogP contribution in [-0.2, 0) is 10.0 Å². The molecule has 0 amide bonds. The zero-order valence-electron chi connectivity index (χ0n) is 12.0. The van der Waals surface area contributed by atoms with E-state index in [2.05, 4.69) is 27.6 Å². The zero-order valence-corrected chi connectivity index (χ0v) is 14.4. The fraction of sp³-hybridized carbons (Fsp3) is 1.00. The Morgan fingerprint density at radius 2 is 1.89 bits per heavy atom. The molecule has 1 fully saturated rings. The minimum absolute atomic E-state index is 0.333. The predicted molar refractivity (Wildman–Crippen MR) is 85.2 cm³/mol. The first-order valence-electron chi connectivity index (χ1n) is 7.60. The zero-order chi connectivity index (χ0) is 14.1. The highest BCUT2D eigenvalue weighted by atomic mass is 79.9. The molecule has 0 heterocycles. The summed E-state index contributed by atoms with van der Waals surface area (Å²) in [6.45, 7) is 2.76. The molecule has 0 aliphatic heterocycles. The van der Waals surface area contributed by atoms with Crippen LogP contribution >= 0.6 is 15.9 Å². The molecule has 0 bridgehead atoms. The molecular formula is C14H28BrNO2S. The van der Waals surface area contributed by atoms with Gasteiger partial charge in [-0.25, -0.2) is 13.1 Å². The topological polar surface area (TPSA) is 46.2 Å². The first-order valence-corrected chi connectivity index (χ1v) is 10.4. The summed E-state index contributed by atoms with van der Waals surface area (Å²) in [6.07, 6.45) is 9.08. The first kappa shape index (κ1) is 17.4. The Labute approximate surface area is 127 Å². The van der Waals surface area contributed by atoms with Crippen LogP contribution in [0.4, 0.5) is 0 Å². The molecule has 1 unspecified atom stereocenters. The molecule has 1 N–H and O–H groups in total. The Hall–Kier alpha value is 0.390. The molecule has 0 saturated heterocycles. The normalized spacial score (nSPS) is 19.5. The molecule has 0 aromatic carbocycles. The smallest absolute Gasteiger partial charge is 0.211 e. The highest BCUT2D eigenvalue weighted by Crippen LogP contribution is 2.24. The fourth-order valence-corrected chi connectivity index (χ4v) is 5.09. The lowest BCUT2D eigenvalue weighted by Gasteiger charge is -2.22. The van der Waals surface area contributed by atoms with Crippen molar-refractivity contribution in [2.75, 3.05) is 17.6 Å². The number of alkyl halides is 1. The molecule has 19 heavy (non-hydrogen) atoms. The maximum atomic E-state index is 12.1. The van der Waals surface area contributed by atoms with Gasteiger partial charge in [0.1, 0.15) is 0 Å². The molecule has 0 aromatic heterocycles. The number of sulfonamides is 1. The van der Waals surface area contributed by atoms with Gasteiger partial charge >= 0.3 is 0 Å². The molecule has 3 nitrogen and oxygen atoms in total. The average molecular weight is 354 g/mol. The minimum atomic E-state index is -3.08. The maximum Gasteiger partial charge on any atom is 0.211 e. The third-order valence-corrected chi connectivity index (χ3v) is 5.96. The van der Waals surface area contributed by atoms with E-state index in [0.29, 0.717) is 24.1 Å². The van der Waals surface area contributed by atoms with Crippen LogP contribution in [0.5, 0.6) is 0 Å². The molecule has 0 radical (unpaired) electrons. The van der Waals surface area contributed by atoms with Gasteiger partial charge in [0.25, 0.3) is 0 Å². The van der Waals surface area contributed by atoms with Crippen molar-refractivity contribution in [1.82, 2.24) is 4.72 Å². The highest BCUT2D eigenvalue weighted by Gasteiger charge is 2.21. The van der Waals surface area contributed by atoms with E-state index in [1.807, 2.05) is 0 Å². The van der Waals surface area contributed by atoms with Crippen LogP contribution in [0, 0.1) is 11.8 Å². The van der Waals surface area contributed by atoms with Crippen molar-refractivity contribution in [2.24, 2.45) is 11.8 Å². The van der Waals surface area contributed by atoms with Crippen LogP contribution < -0.4 is 4.72 Å². The van der Waals surface area contributed by atoms with Gasteiger partial charge in [-0.2, -0.15) is 0 Å². The summed E-state index contributed by atoms with van der Waals surface area (Å²) in [7, 11) is -3.08. The monoisotopic (exact) mass is 353 g/mol. The molecule has 1 rings (SSSR count). The molecule has 1 aliphatic carbocycles. The van der Waals surface area contributed by atoms with E-state index < -0.39 is 10.0 Å². The quantitative estimate of drug-likeness (QED) is 0.642. The van der Waals surface area contributed by atoms with Crippen molar-refractivity contribution in [2.45, 2.75) is 58.3 Å². The molecule has 1 aliphatic rings. The molecular weight excluding hydrogens is 326 g/mol. The fourth-order valence-electron chi connectivity index (χ4n) is 2.88. The highest BCUT2D eigenvalue weighted by molar-refractivity contribution is 9.09. The summed E-state index contributed by atoms with van der Waals surface area (Å²) < 4.78 is 27.0. The van der Waals surface area contributed by atoms with Gasteiger partial charge in [0.05, 0.1) is 5.75 Å². The lowest BCUT2D eigenvalue weighted by atomic mass is 9.91. The maximum absolute atomic E-state index is 12.1. The van der Waals surface area contributed by atoms with Crippen molar-refractivity contribution < 1.29 is 8.42 Å². The Bertz CT molecular complexity index is 320. The molecule has 114 valence electrons. The molecule has 1 atom stereocenters. The Morgan fingerprint density at radius 3 is 2.47 bits per heavy atom. The summed E-state index contributed by atoms with van der Waals surface area (Å²) in [5.41, 5.74) is 0. The van der Waals surface area contributed by atoms with Gasteiger partial charge < -0.3 is 0 Å². The number of rotatable bonds is 9. The van der Waals surface area contributed by atoms with Crippen LogP contribution in [0.25, 0.3) is 0 Å². The molecule has 1 saturated carbocycles. The van der Waals surface area contributed by atoms with E-state index in [1.54, 1.807) is 0 Å². The van der Waals surface area contributed by atoms with E-state index in [4.69, 9.17) is 0 Å². The molecule has 0 aromatic rings. The van der Waals surface area contributed by atoms with Gasteiger partial charge in [-0.1, -0.05) is 48.5 Å². The van der Waals surface area contributed by atoms with Crippen LogP contribution in [0.15, 0.2) is 0 Å². The summed E-state index contributed by atoms with van der Waals surface area (Å²) >= 11 is 3.44. The van der Waals surface area contributed by atoms with Gasteiger partial charge in [0.15, 0.2) is 0 Å². The van der Waals surface area contributed by atoms with Crippen LogP contribution in [-0.4, -0.2) is 26.0 Å². The third kappa shape index (κ3) is 7.66. The van der Waals surface area contributed by atoms with Gasteiger partial charge in [-0.15, -0.1) is 0 Å². The van der Waals surface area contributed by atoms with Crippen LogP contribution in [0.3, 0.4) is 0 Å². The molecule has 0 spiro atoms. The third-order valence-electron chi connectivity index (χ3n) is 3.99. The standard InChI is InChI=1S/C14H28BrNO2S/c1-2-6-13(9-10-15)11-16-19(17,18)12-14-7-4-3-5-8-14/h13-14,16H,2-12H2,1H3. The second kappa shape index (κ2) is 9.35. The average Bonchev–Trinajstić information content (AvgIpc) is 2.37. The van der Waals surface area contributed by atoms with Crippen LogP contribution in [0.1, 0.15) is 58.3 Å². The summed E-state index contributed by atoms with van der Waals surface area (Å²) in [5.74, 6) is 1.18. The first-order chi connectivity index (χ1) is 9.07. The number of nitrogens with one attached hydrogen (secondary N) is 1. The summed E-state index contributed by atoms with van der Waals surface area (Å²) in [4.78, 5) is 0. The largest absolute Gasteiger partial charge is 0.215 e. The Balaban J connectivity index is 2.35. The van der Waals surface area contributed by atoms with Gasteiger partial charge in [0, 0.05) is 11.9 Å². The number of hydrogen-bond acceptors (Lipinski definition) is 2. The number of halogens is 1. The SMILES string of the molecule is CCCC(CCBr)CNS(=O)(=O)CC1CCCCC1. The lowest BCUT2D eigenvalue weighted by molar-refractivity contribution is 0.382. The Morgan fingerprint density at radius 1 is 1.21 bits per heavy atom. The van der Waals surface area contributed by atoms with E-state index >= 15 is 0 Å². The van der Waals surface area contributed by atoms with Gasteiger partial charge in [-0.3, -0.25) is 0 Å². The second-order valence-corrected chi connectivity index (χ2v) is 8.41. The summed E-state index contributed by atoms with van der Waals surface area (Å²) in [5, 5.41) is 0.946. The lowest BCUT2D eigenvalue weighted by Crippen LogP contribution is -2.34. The Kier molecular flexibility index (Phi) is 8.58. The van der Waals surface area contributed by atoms with Gasteiger partial charge in [-0.05, 0) is 37.5 Å². The van der Waals surface area contributed by atoms with Crippen LogP contribution in [0.2, 0.25) is 0 Å². The van der Waals surface area contributed by atoms with Crippen molar-refractivity contribution in [3.05, 3.63) is 0 Å². The van der Waals surface area contributed by atoms with Crippen molar-refractivity contribution >= 4 is 26.0 Å². The van der Waals surface area contributed by atoms with E-state index in [9.17, 15) is 8.42 Å². The predicted octanol–water partition coefficient (Wildman–Crippen LogP) is 3.69. The van der Waals surface area contributed by atoms with E-state index in [0.717, 1.165) is 37.4 Å². The van der Waals surface area contributed by atoms with E-state index in [1.165, 1.54) is 19.3 Å². The van der Waals surface area contributed by atoms with E-state index in [-0.39, 0.29) is 0 Å². The second-order valence-electron chi connectivity index (χ2n) is 5.77. The summed E-state index contributed by atoms with van der Waals surface area (Å²) in [6, 6.07) is 0. The number of hydrogen-bond donors (Lipinski definition) is 1.